The number of hydrogen-bond donors (Lipinski definition) is 0. The normalized spacial score (nSPS) is 10.8. The van der Waals surface area contributed by atoms with Crippen LogP contribution in [0.5, 0.6) is 11.6 Å². The molecular formula is C13H11BrCl2N2O. The summed E-state index contributed by atoms with van der Waals surface area (Å²) in [6.07, 6.45) is 0. The monoisotopic (exact) mass is 360 g/mol. The van der Waals surface area contributed by atoms with Crippen molar-refractivity contribution in [2.45, 2.75) is 19.8 Å². The van der Waals surface area contributed by atoms with Crippen molar-refractivity contribution in [3.8, 4) is 11.6 Å². The van der Waals surface area contributed by atoms with Crippen molar-refractivity contribution in [1.29, 1.82) is 0 Å². The first-order valence-corrected chi connectivity index (χ1v) is 7.18. The zero-order valence-corrected chi connectivity index (χ0v) is 13.4. The Balaban J connectivity index is 2.35. The number of rotatable bonds is 3. The molecule has 1 aromatic heterocycles. The largest absolute Gasteiger partial charge is 0.437 e. The van der Waals surface area contributed by atoms with Crippen molar-refractivity contribution in [2.75, 3.05) is 0 Å². The SMILES string of the molecule is CC(C)c1nc(Br)cc(Oc2cc(Cl)ccc2Cl)n1. The van der Waals surface area contributed by atoms with Crippen LogP contribution in [0.3, 0.4) is 0 Å². The highest BCUT2D eigenvalue weighted by molar-refractivity contribution is 9.10. The van der Waals surface area contributed by atoms with E-state index in [1.54, 1.807) is 24.3 Å². The maximum Gasteiger partial charge on any atom is 0.223 e. The molecule has 3 nitrogen and oxygen atoms in total. The third-order valence-electron chi connectivity index (χ3n) is 2.31. The molecule has 1 aromatic carbocycles. The molecule has 2 aromatic rings. The molecular weight excluding hydrogens is 351 g/mol. The molecule has 0 amide bonds. The van der Waals surface area contributed by atoms with Crippen LogP contribution in [0.15, 0.2) is 28.9 Å². The van der Waals surface area contributed by atoms with Gasteiger partial charge in [0.1, 0.15) is 16.2 Å². The molecule has 0 fully saturated rings. The van der Waals surface area contributed by atoms with E-state index in [2.05, 4.69) is 25.9 Å². The van der Waals surface area contributed by atoms with Gasteiger partial charge >= 0.3 is 0 Å². The van der Waals surface area contributed by atoms with Gasteiger partial charge in [0.05, 0.1) is 5.02 Å². The molecule has 2 rings (SSSR count). The van der Waals surface area contributed by atoms with Crippen LogP contribution in [-0.2, 0) is 0 Å². The molecule has 1 heterocycles. The van der Waals surface area contributed by atoms with Gasteiger partial charge in [0.15, 0.2) is 0 Å². The molecule has 100 valence electrons. The second-order valence-electron chi connectivity index (χ2n) is 4.22. The fraction of sp³-hybridized carbons (Fsp3) is 0.231. The summed E-state index contributed by atoms with van der Waals surface area (Å²) in [6.45, 7) is 4.02. The maximum atomic E-state index is 6.05. The van der Waals surface area contributed by atoms with Gasteiger partial charge in [-0.15, -0.1) is 0 Å². The second-order valence-corrected chi connectivity index (χ2v) is 5.87. The fourth-order valence-corrected chi connectivity index (χ4v) is 2.09. The van der Waals surface area contributed by atoms with Gasteiger partial charge in [-0.05, 0) is 28.1 Å². The number of halogens is 3. The molecule has 0 radical (unpaired) electrons. The lowest BCUT2D eigenvalue weighted by molar-refractivity contribution is 0.456. The number of benzene rings is 1. The van der Waals surface area contributed by atoms with Crippen molar-refractivity contribution in [3.63, 3.8) is 0 Å². The molecule has 0 bridgehead atoms. The molecule has 0 atom stereocenters. The minimum absolute atomic E-state index is 0.203. The molecule has 0 aliphatic rings. The van der Waals surface area contributed by atoms with E-state index >= 15 is 0 Å². The summed E-state index contributed by atoms with van der Waals surface area (Å²) in [6, 6.07) is 6.71. The zero-order valence-electron chi connectivity index (χ0n) is 10.3. The Hall–Kier alpha value is -0.840. The van der Waals surface area contributed by atoms with Gasteiger partial charge in [-0.25, -0.2) is 4.98 Å². The summed E-state index contributed by atoms with van der Waals surface area (Å²) in [5, 5.41) is 1.03. The van der Waals surface area contributed by atoms with Crippen molar-refractivity contribution >= 4 is 39.1 Å². The van der Waals surface area contributed by atoms with Crippen molar-refractivity contribution < 1.29 is 4.74 Å². The van der Waals surface area contributed by atoms with E-state index in [0.717, 1.165) is 0 Å². The Morgan fingerprint density at radius 2 is 1.89 bits per heavy atom. The van der Waals surface area contributed by atoms with Gasteiger partial charge in [-0.2, -0.15) is 4.98 Å². The van der Waals surface area contributed by atoms with Crippen LogP contribution >= 0.6 is 39.1 Å². The zero-order chi connectivity index (χ0) is 14.0. The Labute approximate surface area is 130 Å². The summed E-state index contributed by atoms with van der Waals surface area (Å²) in [5.74, 6) is 1.79. The van der Waals surface area contributed by atoms with Crippen LogP contribution in [0, 0.1) is 0 Å². The minimum Gasteiger partial charge on any atom is -0.437 e. The molecule has 0 aliphatic heterocycles. The summed E-state index contributed by atoms with van der Waals surface area (Å²) < 4.78 is 6.33. The Morgan fingerprint density at radius 3 is 2.58 bits per heavy atom. The molecule has 0 saturated heterocycles. The van der Waals surface area contributed by atoms with Crippen LogP contribution in [-0.4, -0.2) is 9.97 Å². The fourth-order valence-electron chi connectivity index (χ4n) is 1.39. The predicted molar refractivity (Wildman–Crippen MR) is 80.4 cm³/mol. The van der Waals surface area contributed by atoms with E-state index in [1.807, 2.05) is 13.8 Å². The highest BCUT2D eigenvalue weighted by atomic mass is 79.9. The van der Waals surface area contributed by atoms with Gasteiger partial charge < -0.3 is 4.74 Å². The van der Waals surface area contributed by atoms with Crippen LogP contribution in [0.25, 0.3) is 0 Å². The van der Waals surface area contributed by atoms with E-state index < -0.39 is 0 Å². The summed E-state index contributed by atoms with van der Waals surface area (Å²) in [4.78, 5) is 8.62. The predicted octanol–water partition coefficient (Wildman–Crippen LogP) is 5.46. The Kier molecular flexibility index (Phi) is 4.66. The van der Waals surface area contributed by atoms with Gasteiger partial charge in [0, 0.05) is 23.1 Å². The van der Waals surface area contributed by atoms with Crippen LogP contribution in [0.1, 0.15) is 25.6 Å². The molecule has 6 heteroatoms. The number of hydrogen-bond acceptors (Lipinski definition) is 3. The Bertz CT molecular complexity index is 605. The molecule has 0 saturated carbocycles. The van der Waals surface area contributed by atoms with E-state index in [1.165, 1.54) is 0 Å². The summed E-state index contributed by atoms with van der Waals surface area (Å²) in [5.41, 5.74) is 0. The first kappa shape index (κ1) is 14.6. The van der Waals surface area contributed by atoms with Gasteiger partial charge in [0.2, 0.25) is 5.88 Å². The third kappa shape index (κ3) is 3.81. The average molecular weight is 362 g/mol. The van der Waals surface area contributed by atoms with E-state index in [-0.39, 0.29) is 5.92 Å². The minimum atomic E-state index is 0.203. The molecule has 0 spiro atoms. The lowest BCUT2D eigenvalue weighted by Crippen LogP contribution is -2.00. The quantitative estimate of drug-likeness (QED) is 0.680. The van der Waals surface area contributed by atoms with Crippen LogP contribution in [0.2, 0.25) is 10.0 Å². The first-order chi connectivity index (χ1) is 8.95. The highest BCUT2D eigenvalue weighted by Crippen LogP contribution is 2.32. The smallest absolute Gasteiger partial charge is 0.223 e. The number of nitrogens with zero attached hydrogens (tertiary/aromatic N) is 2. The van der Waals surface area contributed by atoms with E-state index in [0.29, 0.717) is 32.1 Å². The molecule has 0 unspecified atom stereocenters. The van der Waals surface area contributed by atoms with E-state index in [4.69, 9.17) is 27.9 Å². The van der Waals surface area contributed by atoms with Gasteiger partial charge in [-0.3, -0.25) is 0 Å². The third-order valence-corrected chi connectivity index (χ3v) is 3.27. The highest BCUT2D eigenvalue weighted by Gasteiger charge is 2.10. The van der Waals surface area contributed by atoms with Crippen LogP contribution < -0.4 is 4.74 Å². The van der Waals surface area contributed by atoms with Gasteiger partial charge in [-0.1, -0.05) is 37.0 Å². The first-order valence-electron chi connectivity index (χ1n) is 5.63. The lowest BCUT2D eigenvalue weighted by Gasteiger charge is -2.10. The van der Waals surface area contributed by atoms with E-state index in [9.17, 15) is 0 Å². The molecule has 19 heavy (non-hydrogen) atoms. The maximum absolute atomic E-state index is 6.05. The molecule has 0 aliphatic carbocycles. The number of aromatic nitrogens is 2. The summed E-state index contributed by atoms with van der Waals surface area (Å²) >= 11 is 15.3. The summed E-state index contributed by atoms with van der Waals surface area (Å²) in [7, 11) is 0. The molecule has 0 N–H and O–H groups in total. The van der Waals surface area contributed by atoms with Crippen LogP contribution in [0.4, 0.5) is 0 Å². The van der Waals surface area contributed by atoms with Crippen molar-refractivity contribution in [3.05, 3.63) is 44.7 Å². The average Bonchev–Trinajstić information content (AvgIpc) is 2.33. The topological polar surface area (TPSA) is 35.0 Å². The van der Waals surface area contributed by atoms with Gasteiger partial charge in [0.25, 0.3) is 0 Å². The lowest BCUT2D eigenvalue weighted by atomic mass is 10.2. The van der Waals surface area contributed by atoms with Crippen molar-refractivity contribution in [1.82, 2.24) is 9.97 Å². The standard InChI is InChI=1S/C13H11BrCl2N2O/c1-7(2)13-17-11(14)6-12(18-13)19-10-5-8(15)3-4-9(10)16/h3-7H,1-2H3. The number of ether oxygens (including phenoxy) is 1. The second kappa shape index (κ2) is 6.07. The Morgan fingerprint density at radius 1 is 1.16 bits per heavy atom. The van der Waals surface area contributed by atoms with Crippen molar-refractivity contribution in [2.24, 2.45) is 0 Å².